The van der Waals surface area contributed by atoms with Gasteiger partial charge < -0.3 is 14.9 Å². The molecule has 0 spiro atoms. The van der Waals surface area contributed by atoms with Gasteiger partial charge in [-0.2, -0.15) is 0 Å². The van der Waals surface area contributed by atoms with Crippen molar-refractivity contribution >= 4 is 11.6 Å². The number of nitrogens with zero attached hydrogens (tertiary/aromatic N) is 2. The van der Waals surface area contributed by atoms with Crippen molar-refractivity contribution in [2.75, 3.05) is 25.0 Å². The van der Waals surface area contributed by atoms with Crippen molar-refractivity contribution in [2.24, 2.45) is 0 Å². The highest BCUT2D eigenvalue weighted by molar-refractivity contribution is 5.94. The number of amides is 1. The summed E-state index contributed by atoms with van der Waals surface area (Å²) >= 11 is 0. The monoisotopic (exact) mass is 290 g/mol. The Morgan fingerprint density at radius 1 is 1.38 bits per heavy atom. The zero-order chi connectivity index (χ0) is 15.4. The summed E-state index contributed by atoms with van der Waals surface area (Å²) in [6, 6.07) is 7.69. The van der Waals surface area contributed by atoms with Gasteiger partial charge in [-0.3, -0.25) is 4.79 Å². The van der Waals surface area contributed by atoms with Crippen LogP contribution >= 0.6 is 0 Å². The van der Waals surface area contributed by atoms with Gasteiger partial charge in [-0.25, -0.2) is 0 Å². The van der Waals surface area contributed by atoms with Gasteiger partial charge in [0.25, 0.3) is 5.91 Å². The lowest BCUT2D eigenvalue weighted by Gasteiger charge is -2.37. The first-order valence-corrected chi connectivity index (χ1v) is 7.84. The zero-order valence-electron chi connectivity index (χ0n) is 13.2. The summed E-state index contributed by atoms with van der Waals surface area (Å²) in [5.74, 6) is 0.0336. The number of anilines is 1. The smallest absolute Gasteiger partial charge is 0.254 e. The number of hydrogen-bond acceptors (Lipinski definition) is 3. The minimum atomic E-state index is -0.472. The molecule has 4 nitrogen and oxygen atoms in total. The van der Waals surface area contributed by atoms with E-state index in [0.717, 1.165) is 38.0 Å². The first-order valence-electron chi connectivity index (χ1n) is 7.84. The summed E-state index contributed by atoms with van der Waals surface area (Å²) in [5, 5.41) is 9.89. The van der Waals surface area contributed by atoms with Gasteiger partial charge in [0.05, 0.1) is 12.1 Å². The standard InChI is InChI=1S/C17H26N2O2/c1-4-18(3)15-10-8-14(9-11-15)17(21)19-12-6-5-7-16(19)13(2)20/h8-11,13,16,20H,4-7,12H2,1-3H3. The van der Waals surface area contributed by atoms with E-state index in [1.165, 1.54) is 0 Å². The van der Waals surface area contributed by atoms with E-state index in [2.05, 4.69) is 11.8 Å². The number of carbonyl (C=O) groups is 1. The zero-order valence-corrected chi connectivity index (χ0v) is 13.2. The molecule has 1 fully saturated rings. The predicted molar refractivity (Wildman–Crippen MR) is 85.7 cm³/mol. The second-order valence-electron chi connectivity index (χ2n) is 5.86. The van der Waals surface area contributed by atoms with Crippen LogP contribution in [0.3, 0.4) is 0 Å². The van der Waals surface area contributed by atoms with Crippen molar-refractivity contribution in [3.05, 3.63) is 29.8 Å². The highest BCUT2D eigenvalue weighted by Gasteiger charge is 2.30. The number of rotatable bonds is 4. The Kier molecular flexibility index (Phi) is 5.23. The van der Waals surface area contributed by atoms with Gasteiger partial charge in [0.1, 0.15) is 0 Å². The molecule has 1 aromatic rings. The lowest BCUT2D eigenvalue weighted by molar-refractivity contribution is 0.0281. The normalized spacial score (nSPS) is 20.2. The van der Waals surface area contributed by atoms with Crippen molar-refractivity contribution in [1.82, 2.24) is 4.90 Å². The maximum atomic E-state index is 12.7. The summed E-state index contributed by atoms with van der Waals surface area (Å²) in [4.78, 5) is 16.6. The SMILES string of the molecule is CCN(C)c1ccc(C(=O)N2CCCCC2C(C)O)cc1. The van der Waals surface area contributed by atoms with Crippen LogP contribution in [-0.4, -0.2) is 48.2 Å². The van der Waals surface area contributed by atoms with E-state index in [9.17, 15) is 9.90 Å². The molecule has 0 bridgehead atoms. The van der Waals surface area contributed by atoms with E-state index >= 15 is 0 Å². The molecule has 1 aromatic carbocycles. The molecule has 0 aromatic heterocycles. The average molecular weight is 290 g/mol. The van der Waals surface area contributed by atoms with Crippen LogP contribution in [0.1, 0.15) is 43.5 Å². The molecule has 21 heavy (non-hydrogen) atoms. The van der Waals surface area contributed by atoms with Crippen LogP contribution in [0.4, 0.5) is 5.69 Å². The van der Waals surface area contributed by atoms with Crippen molar-refractivity contribution in [1.29, 1.82) is 0 Å². The molecule has 2 unspecified atom stereocenters. The first-order chi connectivity index (χ1) is 10.0. The molecule has 0 radical (unpaired) electrons. The van der Waals surface area contributed by atoms with Crippen molar-refractivity contribution < 1.29 is 9.90 Å². The molecular formula is C17H26N2O2. The molecule has 1 aliphatic rings. The molecule has 4 heteroatoms. The fraction of sp³-hybridized carbons (Fsp3) is 0.588. The molecule has 2 atom stereocenters. The van der Waals surface area contributed by atoms with Crippen LogP contribution in [0.25, 0.3) is 0 Å². The van der Waals surface area contributed by atoms with E-state index in [4.69, 9.17) is 0 Å². The third-order valence-corrected chi connectivity index (χ3v) is 4.40. The Bertz CT molecular complexity index is 470. The second kappa shape index (κ2) is 6.94. The van der Waals surface area contributed by atoms with E-state index in [-0.39, 0.29) is 11.9 Å². The fourth-order valence-electron chi connectivity index (χ4n) is 2.92. The summed E-state index contributed by atoms with van der Waals surface area (Å²) < 4.78 is 0. The Balaban J connectivity index is 2.14. The molecule has 1 amide bonds. The van der Waals surface area contributed by atoms with Crippen LogP contribution in [0.2, 0.25) is 0 Å². The second-order valence-corrected chi connectivity index (χ2v) is 5.86. The third kappa shape index (κ3) is 3.56. The Morgan fingerprint density at radius 2 is 2.05 bits per heavy atom. The summed E-state index contributed by atoms with van der Waals surface area (Å²) in [7, 11) is 2.03. The van der Waals surface area contributed by atoms with E-state index in [0.29, 0.717) is 5.56 Å². The van der Waals surface area contributed by atoms with Gasteiger partial charge in [0, 0.05) is 31.4 Å². The summed E-state index contributed by atoms with van der Waals surface area (Å²) in [6.45, 7) is 5.55. The maximum absolute atomic E-state index is 12.7. The lowest BCUT2D eigenvalue weighted by atomic mass is 9.97. The highest BCUT2D eigenvalue weighted by Crippen LogP contribution is 2.23. The average Bonchev–Trinajstić information content (AvgIpc) is 2.53. The number of carbonyl (C=O) groups excluding carboxylic acids is 1. The third-order valence-electron chi connectivity index (χ3n) is 4.40. The Morgan fingerprint density at radius 3 is 2.62 bits per heavy atom. The molecule has 0 saturated carbocycles. The fourth-order valence-corrected chi connectivity index (χ4v) is 2.92. The Labute approximate surface area is 127 Å². The Hall–Kier alpha value is -1.55. The molecule has 1 aliphatic heterocycles. The van der Waals surface area contributed by atoms with Gasteiger partial charge in [0.15, 0.2) is 0 Å². The van der Waals surface area contributed by atoms with E-state index in [1.54, 1.807) is 6.92 Å². The van der Waals surface area contributed by atoms with Crippen molar-refractivity contribution in [3.8, 4) is 0 Å². The summed E-state index contributed by atoms with van der Waals surface area (Å²) in [5.41, 5.74) is 1.82. The topological polar surface area (TPSA) is 43.8 Å². The quantitative estimate of drug-likeness (QED) is 0.926. The van der Waals surface area contributed by atoms with Crippen LogP contribution in [0.15, 0.2) is 24.3 Å². The predicted octanol–water partition coefficient (Wildman–Crippen LogP) is 2.52. The van der Waals surface area contributed by atoms with Crippen molar-refractivity contribution in [3.63, 3.8) is 0 Å². The lowest BCUT2D eigenvalue weighted by Crippen LogP contribution is -2.48. The number of hydrogen-bond donors (Lipinski definition) is 1. The van der Waals surface area contributed by atoms with Crippen LogP contribution in [0, 0.1) is 0 Å². The van der Waals surface area contributed by atoms with Crippen molar-refractivity contribution in [2.45, 2.75) is 45.3 Å². The number of likely N-dealkylation sites (tertiary alicyclic amines) is 1. The highest BCUT2D eigenvalue weighted by atomic mass is 16.3. The number of piperidine rings is 1. The molecule has 1 saturated heterocycles. The number of aliphatic hydroxyl groups excluding tert-OH is 1. The minimum absolute atomic E-state index is 0.0336. The summed E-state index contributed by atoms with van der Waals surface area (Å²) in [6.07, 6.45) is 2.52. The molecule has 2 rings (SSSR count). The van der Waals surface area contributed by atoms with Gasteiger partial charge in [-0.15, -0.1) is 0 Å². The van der Waals surface area contributed by atoms with E-state index in [1.807, 2.05) is 36.2 Å². The number of aliphatic hydroxyl groups is 1. The van der Waals surface area contributed by atoms with Crippen LogP contribution < -0.4 is 4.90 Å². The molecule has 116 valence electrons. The van der Waals surface area contributed by atoms with Gasteiger partial charge in [-0.05, 0) is 57.4 Å². The molecule has 0 aliphatic carbocycles. The van der Waals surface area contributed by atoms with Crippen LogP contribution in [0.5, 0.6) is 0 Å². The largest absolute Gasteiger partial charge is 0.391 e. The van der Waals surface area contributed by atoms with Gasteiger partial charge in [-0.1, -0.05) is 0 Å². The van der Waals surface area contributed by atoms with Crippen LogP contribution in [-0.2, 0) is 0 Å². The first kappa shape index (κ1) is 15.8. The van der Waals surface area contributed by atoms with Gasteiger partial charge >= 0.3 is 0 Å². The minimum Gasteiger partial charge on any atom is -0.391 e. The molecular weight excluding hydrogens is 264 g/mol. The van der Waals surface area contributed by atoms with Gasteiger partial charge in [0.2, 0.25) is 0 Å². The maximum Gasteiger partial charge on any atom is 0.254 e. The molecule has 1 N–H and O–H groups in total. The van der Waals surface area contributed by atoms with E-state index < -0.39 is 6.10 Å². The molecule has 1 heterocycles. The number of benzene rings is 1.